The number of halogens is 2. The molecule has 0 aromatic heterocycles. The Morgan fingerprint density at radius 1 is 1.03 bits per heavy atom. The molecule has 0 saturated carbocycles. The molecule has 0 unspecified atom stereocenters. The average Bonchev–Trinajstić information content (AvgIpc) is 3.28. The van der Waals surface area contributed by atoms with Crippen molar-refractivity contribution >= 4 is 35.8 Å². The number of aliphatic imine (C=N–C) groups is 1. The Labute approximate surface area is 193 Å². The van der Waals surface area contributed by atoms with E-state index in [1.807, 2.05) is 36.1 Å². The molecule has 1 heterocycles. The second-order valence-electron chi connectivity index (χ2n) is 6.84. The fourth-order valence-electron chi connectivity index (χ4n) is 3.05. The van der Waals surface area contributed by atoms with E-state index in [9.17, 15) is 9.18 Å². The first-order chi connectivity index (χ1) is 14.1. The van der Waals surface area contributed by atoms with E-state index in [4.69, 9.17) is 4.74 Å². The number of amides is 1. The van der Waals surface area contributed by atoms with Gasteiger partial charge in [0.25, 0.3) is 0 Å². The van der Waals surface area contributed by atoms with Crippen LogP contribution < -0.4 is 15.4 Å². The molecular weight excluding hydrogens is 498 g/mol. The van der Waals surface area contributed by atoms with Gasteiger partial charge in [0.05, 0.1) is 13.1 Å². The highest BCUT2D eigenvalue weighted by atomic mass is 127. The van der Waals surface area contributed by atoms with Crippen LogP contribution in [0, 0.1) is 5.82 Å². The molecule has 1 fully saturated rings. The van der Waals surface area contributed by atoms with Crippen molar-refractivity contribution in [3.63, 3.8) is 0 Å². The van der Waals surface area contributed by atoms with Crippen molar-refractivity contribution in [3.05, 3.63) is 59.9 Å². The van der Waals surface area contributed by atoms with Gasteiger partial charge in [-0.3, -0.25) is 4.79 Å². The van der Waals surface area contributed by atoms with Gasteiger partial charge < -0.3 is 20.3 Å². The monoisotopic (exact) mass is 526 g/mol. The molecule has 6 nitrogen and oxygen atoms in total. The van der Waals surface area contributed by atoms with Crippen molar-refractivity contribution in [2.24, 2.45) is 4.99 Å². The zero-order valence-electron chi connectivity index (χ0n) is 17.1. The molecule has 1 amide bonds. The van der Waals surface area contributed by atoms with Crippen LogP contribution in [0.1, 0.15) is 25.3 Å². The fourth-order valence-corrected chi connectivity index (χ4v) is 3.05. The van der Waals surface area contributed by atoms with Crippen molar-refractivity contribution < 1.29 is 13.9 Å². The van der Waals surface area contributed by atoms with Crippen molar-refractivity contribution in [1.82, 2.24) is 15.5 Å². The Balaban J connectivity index is 0.00000320. The number of ether oxygens (including phenoxy) is 1. The Hall–Kier alpha value is -2.36. The van der Waals surface area contributed by atoms with Crippen LogP contribution in [0.4, 0.5) is 4.39 Å². The van der Waals surface area contributed by atoms with Gasteiger partial charge in [-0.25, -0.2) is 9.38 Å². The molecule has 162 valence electrons. The third-order valence-electron chi connectivity index (χ3n) is 4.60. The predicted molar refractivity (Wildman–Crippen MR) is 127 cm³/mol. The van der Waals surface area contributed by atoms with E-state index in [0.29, 0.717) is 30.5 Å². The van der Waals surface area contributed by atoms with Crippen molar-refractivity contribution in [2.45, 2.75) is 26.3 Å². The Bertz CT molecular complexity index is 822. The van der Waals surface area contributed by atoms with Crippen LogP contribution in [-0.4, -0.2) is 42.9 Å². The lowest BCUT2D eigenvalue weighted by molar-refractivity contribution is -0.128. The van der Waals surface area contributed by atoms with Gasteiger partial charge in [0.15, 0.2) is 5.96 Å². The van der Waals surface area contributed by atoms with E-state index in [0.717, 1.165) is 31.5 Å². The van der Waals surface area contributed by atoms with Crippen LogP contribution in [0.5, 0.6) is 11.5 Å². The topological polar surface area (TPSA) is 66.0 Å². The molecule has 2 N–H and O–H groups in total. The molecular formula is C22H28FIN4O2. The summed E-state index contributed by atoms with van der Waals surface area (Å²) in [5.41, 5.74) is 1.01. The molecule has 0 bridgehead atoms. The molecule has 0 radical (unpaired) electrons. The van der Waals surface area contributed by atoms with Crippen LogP contribution in [-0.2, 0) is 11.3 Å². The first-order valence-electron chi connectivity index (χ1n) is 9.96. The number of nitrogens with zero attached hydrogens (tertiary/aromatic N) is 2. The second-order valence-corrected chi connectivity index (χ2v) is 6.84. The Morgan fingerprint density at radius 2 is 1.63 bits per heavy atom. The summed E-state index contributed by atoms with van der Waals surface area (Å²) < 4.78 is 18.7. The number of rotatable bonds is 7. The Kier molecular flexibility index (Phi) is 9.85. The zero-order chi connectivity index (χ0) is 20.5. The van der Waals surface area contributed by atoms with Crippen LogP contribution in [0.25, 0.3) is 0 Å². The van der Waals surface area contributed by atoms with Gasteiger partial charge in [-0.1, -0.05) is 12.1 Å². The first-order valence-corrected chi connectivity index (χ1v) is 9.96. The molecule has 2 aromatic carbocycles. The number of hydrogen-bond donors (Lipinski definition) is 2. The van der Waals surface area contributed by atoms with E-state index in [1.54, 1.807) is 12.1 Å². The van der Waals surface area contributed by atoms with Gasteiger partial charge in [-0.05, 0) is 61.7 Å². The second kappa shape index (κ2) is 12.4. The van der Waals surface area contributed by atoms with Crippen LogP contribution in [0.2, 0.25) is 0 Å². The average molecular weight is 526 g/mol. The standard InChI is InChI=1S/C22H27FN4O2.HI/c1-2-24-22(26-16-21(28)27-13-3-4-14-27)25-15-17-5-9-19(10-6-17)29-20-11-7-18(23)8-12-20;/h5-12H,2-4,13-16H2,1H3,(H2,24,25,26);1H. The molecule has 30 heavy (non-hydrogen) atoms. The van der Waals surface area contributed by atoms with Crippen molar-refractivity contribution in [2.75, 3.05) is 26.2 Å². The highest BCUT2D eigenvalue weighted by Crippen LogP contribution is 2.22. The van der Waals surface area contributed by atoms with Crippen molar-refractivity contribution in [1.29, 1.82) is 0 Å². The number of nitrogens with one attached hydrogen (secondary N) is 2. The first kappa shape index (κ1) is 23.9. The van der Waals surface area contributed by atoms with E-state index < -0.39 is 0 Å². The molecule has 3 rings (SSSR count). The van der Waals surface area contributed by atoms with Gasteiger partial charge in [-0.2, -0.15) is 0 Å². The van der Waals surface area contributed by atoms with Gasteiger partial charge in [0.1, 0.15) is 17.3 Å². The minimum absolute atomic E-state index is 0. The normalized spacial score (nSPS) is 13.5. The maximum Gasteiger partial charge on any atom is 0.241 e. The molecule has 0 atom stereocenters. The summed E-state index contributed by atoms with van der Waals surface area (Å²) in [6.07, 6.45) is 2.17. The summed E-state index contributed by atoms with van der Waals surface area (Å²) >= 11 is 0. The van der Waals surface area contributed by atoms with Gasteiger partial charge >= 0.3 is 0 Å². The summed E-state index contributed by atoms with van der Waals surface area (Å²) in [5.74, 6) is 1.68. The highest BCUT2D eigenvalue weighted by Gasteiger charge is 2.17. The maximum atomic E-state index is 13.0. The molecule has 8 heteroatoms. The number of guanidine groups is 1. The van der Waals surface area contributed by atoms with Crippen molar-refractivity contribution in [3.8, 4) is 11.5 Å². The van der Waals surface area contributed by atoms with E-state index >= 15 is 0 Å². The summed E-state index contributed by atoms with van der Waals surface area (Å²) in [4.78, 5) is 18.6. The number of benzene rings is 2. The van der Waals surface area contributed by atoms with Gasteiger partial charge in [0.2, 0.25) is 5.91 Å². The van der Waals surface area contributed by atoms with E-state index in [-0.39, 0.29) is 42.2 Å². The summed E-state index contributed by atoms with van der Waals surface area (Å²) in [6.45, 7) is 5.12. The van der Waals surface area contributed by atoms with Crippen LogP contribution in [0.15, 0.2) is 53.5 Å². The third kappa shape index (κ3) is 7.47. The van der Waals surface area contributed by atoms with E-state index in [2.05, 4.69) is 15.6 Å². The number of carbonyl (C=O) groups is 1. The van der Waals surface area contributed by atoms with Crippen LogP contribution >= 0.6 is 24.0 Å². The smallest absolute Gasteiger partial charge is 0.241 e. The highest BCUT2D eigenvalue weighted by molar-refractivity contribution is 14.0. The van der Waals surface area contributed by atoms with Gasteiger partial charge in [0, 0.05) is 19.6 Å². The largest absolute Gasteiger partial charge is 0.457 e. The third-order valence-corrected chi connectivity index (χ3v) is 4.60. The maximum absolute atomic E-state index is 13.0. The SMILES string of the molecule is CCNC(=NCc1ccc(Oc2ccc(F)cc2)cc1)NCC(=O)N1CCCC1.I. The molecule has 1 aliphatic rings. The predicted octanol–water partition coefficient (Wildman–Crippen LogP) is 3.91. The summed E-state index contributed by atoms with van der Waals surface area (Å²) in [6, 6.07) is 13.5. The minimum Gasteiger partial charge on any atom is -0.457 e. The van der Waals surface area contributed by atoms with Crippen LogP contribution in [0.3, 0.4) is 0 Å². The Morgan fingerprint density at radius 3 is 2.23 bits per heavy atom. The summed E-state index contributed by atoms with van der Waals surface area (Å²) in [7, 11) is 0. The molecule has 1 aliphatic heterocycles. The minimum atomic E-state index is -0.294. The lowest BCUT2D eigenvalue weighted by Crippen LogP contribution is -2.44. The zero-order valence-corrected chi connectivity index (χ0v) is 19.4. The number of likely N-dealkylation sites (tertiary alicyclic amines) is 1. The summed E-state index contributed by atoms with van der Waals surface area (Å²) in [5, 5.41) is 6.27. The van der Waals surface area contributed by atoms with E-state index in [1.165, 1.54) is 12.1 Å². The molecule has 0 aliphatic carbocycles. The lowest BCUT2D eigenvalue weighted by atomic mass is 10.2. The quantitative estimate of drug-likeness (QED) is 0.326. The van der Waals surface area contributed by atoms with Gasteiger partial charge in [-0.15, -0.1) is 24.0 Å². The number of carbonyl (C=O) groups excluding carboxylic acids is 1. The molecule has 0 spiro atoms. The fraction of sp³-hybridized carbons (Fsp3) is 0.364. The number of hydrogen-bond acceptors (Lipinski definition) is 3. The molecule has 1 saturated heterocycles. The molecule has 2 aromatic rings. The lowest BCUT2D eigenvalue weighted by Gasteiger charge is -2.17.